The predicted octanol–water partition coefficient (Wildman–Crippen LogP) is 2.41. The zero-order valence-corrected chi connectivity index (χ0v) is 11.8. The molecule has 5 heteroatoms. The van der Waals surface area contributed by atoms with Crippen LogP contribution in [0.25, 0.3) is 11.3 Å². The molecule has 2 aromatic rings. The lowest BCUT2D eigenvalue weighted by atomic mass is 10.1. The fraction of sp³-hybridized carbons (Fsp3) is 0.333. The van der Waals surface area contributed by atoms with E-state index in [0.29, 0.717) is 12.4 Å². The van der Waals surface area contributed by atoms with Crippen molar-refractivity contribution in [3.63, 3.8) is 0 Å². The highest BCUT2D eigenvalue weighted by molar-refractivity contribution is 5.93. The summed E-state index contributed by atoms with van der Waals surface area (Å²) in [5.74, 6) is 0.311. The number of methoxy groups -OCH3 is 1. The maximum Gasteiger partial charge on any atom is 0.273 e. The predicted molar refractivity (Wildman–Crippen MR) is 75.5 cm³/mol. The third-order valence-corrected chi connectivity index (χ3v) is 2.87. The van der Waals surface area contributed by atoms with Crippen molar-refractivity contribution in [2.45, 2.75) is 19.9 Å². The Bertz CT molecular complexity index is 575. The summed E-state index contributed by atoms with van der Waals surface area (Å²) < 4.78 is 10.2. The molecule has 2 rings (SSSR count). The van der Waals surface area contributed by atoms with Crippen molar-refractivity contribution >= 4 is 5.91 Å². The van der Waals surface area contributed by atoms with Crippen LogP contribution in [-0.2, 0) is 4.74 Å². The molecule has 1 unspecified atom stereocenters. The third kappa shape index (κ3) is 3.45. The first-order chi connectivity index (χ1) is 9.60. The van der Waals surface area contributed by atoms with Crippen LogP contribution in [0.4, 0.5) is 0 Å². The summed E-state index contributed by atoms with van der Waals surface area (Å²) in [6.07, 6.45) is 0. The molecule has 5 nitrogen and oxygen atoms in total. The van der Waals surface area contributed by atoms with Crippen molar-refractivity contribution < 1.29 is 14.1 Å². The van der Waals surface area contributed by atoms with Gasteiger partial charge in [0.05, 0.1) is 6.61 Å². The van der Waals surface area contributed by atoms with Crippen LogP contribution in [0.15, 0.2) is 34.9 Å². The molecule has 0 aliphatic rings. The van der Waals surface area contributed by atoms with Crippen LogP contribution in [0.3, 0.4) is 0 Å². The molecule has 106 valence electrons. The molecule has 0 aliphatic carbocycles. The van der Waals surface area contributed by atoms with Crippen LogP contribution >= 0.6 is 0 Å². The average Bonchev–Trinajstić information content (AvgIpc) is 2.89. The Hall–Kier alpha value is -2.14. The zero-order chi connectivity index (χ0) is 14.5. The van der Waals surface area contributed by atoms with Gasteiger partial charge in [0.25, 0.3) is 5.91 Å². The first-order valence-electron chi connectivity index (χ1n) is 6.43. The SMILES string of the molecule is COCC(C)NC(=O)c1cc(-c2ccc(C)cc2)on1. The molecule has 1 aromatic heterocycles. The van der Waals surface area contributed by atoms with E-state index >= 15 is 0 Å². The molecule has 0 fully saturated rings. The van der Waals surface area contributed by atoms with E-state index < -0.39 is 0 Å². The molecule has 1 atom stereocenters. The van der Waals surface area contributed by atoms with Crippen LogP contribution < -0.4 is 5.32 Å². The lowest BCUT2D eigenvalue weighted by Crippen LogP contribution is -2.35. The van der Waals surface area contributed by atoms with Gasteiger partial charge in [0, 0.05) is 24.8 Å². The molecule has 0 bridgehead atoms. The molecule has 20 heavy (non-hydrogen) atoms. The van der Waals surface area contributed by atoms with E-state index in [4.69, 9.17) is 9.26 Å². The summed E-state index contributed by atoms with van der Waals surface area (Å²) in [7, 11) is 1.59. The van der Waals surface area contributed by atoms with E-state index in [-0.39, 0.29) is 17.6 Å². The van der Waals surface area contributed by atoms with E-state index in [1.54, 1.807) is 13.2 Å². The number of benzene rings is 1. The van der Waals surface area contributed by atoms with Crippen LogP contribution in [0.2, 0.25) is 0 Å². The molecule has 1 N–H and O–H groups in total. The first-order valence-corrected chi connectivity index (χ1v) is 6.43. The highest BCUT2D eigenvalue weighted by Gasteiger charge is 2.15. The van der Waals surface area contributed by atoms with Gasteiger partial charge in [-0.05, 0) is 13.8 Å². The van der Waals surface area contributed by atoms with Crippen LogP contribution in [0.1, 0.15) is 23.0 Å². The molecular formula is C15H18N2O3. The van der Waals surface area contributed by atoms with Gasteiger partial charge in [-0.15, -0.1) is 0 Å². The summed E-state index contributed by atoms with van der Waals surface area (Å²) in [5.41, 5.74) is 2.33. The fourth-order valence-electron chi connectivity index (χ4n) is 1.83. The number of amides is 1. The van der Waals surface area contributed by atoms with Gasteiger partial charge in [-0.3, -0.25) is 4.79 Å². The van der Waals surface area contributed by atoms with Gasteiger partial charge in [-0.2, -0.15) is 0 Å². The van der Waals surface area contributed by atoms with Crippen LogP contribution in [-0.4, -0.2) is 30.8 Å². The minimum atomic E-state index is -0.267. The molecule has 0 saturated heterocycles. The smallest absolute Gasteiger partial charge is 0.273 e. The highest BCUT2D eigenvalue weighted by atomic mass is 16.5. The Balaban J connectivity index is 2.08. The van der Waals surface area contributed by atoms with Gasteiger partial charge in [-0.1, -0.05) is 35.0 Å². The molecule has 0 radical (unpaired) electrons. The van der Waals surface area contributed by atoms with Gasteiger partial charge in [0.15, 0.2) is 11.5 Å². The highest BCUT2D eigenvalue weighted by Crippen LogP contribution is 2.20. The number of aryl methyl sites for hydroxylation is 1. The zero-order valence-electron chi connectivity index (χ0n) is 11.8. The van der Waals surface area contributed by atoms with Gasteiger partial charge < -0.3 is 14.6 Å². The monoisotopic (exact) mass is 274 g/mol. The molecular weight excluding hydrogens is 256 g/mol. The summed E-state index contributed by atoms with van der Waals surface area (Å²) in [6, 6.07) is 9.40. The number of nitrogens with zero attached hydrogens (tertiary/aromatic N) is 1. The number of aromatic nitrogens is 1. The van der Waals surface area contributed by atoms with Gasteiger partial charge in [0.1, 0.15) is 0 Å². The normalized spacial score (nSPS) is 12.2. The van der Waals surface area contributed by atoms with Gasteiger partial charge in [-0.25, -0.2) is 0 Å². The minimum Gasteiger partial charge on any atom is -0.383 e. The number of hydrogen-bond donors (Lipinski definition) is 1. The second kappa shape index (κ2) is 6.34. The van der Waals surface area contributed by atoms with Crippen molar-refractivity contribution in [1.29, 1.82) is 0 Å². The van der Waals surface area contributed by atoms with E-state index in [1.165, 1.54) is 5.56 Å². The standard InChI is InChI=1S/C15H18N2O3/c1-10-4-6-12(7-5-10)14-8-13(17-20-14)15(18)16-11(2)9-19-3/h4-8,11H,9H2,1-3H3,(H,16,18). The average molecular weight is 274 g/mol. The second-order valence-corrected chi connectivity index (χ2v) is 4.77. The Morgan fingerprint density at radius 2 is 2.10 bits per heavy atom. The van der Waals surface area contributed by atoms with Crippen LogP contribution in [0, 0.1) is 6.92 Å². The summed E-state index contributed by atoms with van der Waals surface area (Å²) >= 11 is 0. The molecule has 0 aliphatic heterocycles. The Morgan fingerprint density at radius 3 is 2.75 bits per heavy atom. The Kier molecular flexibility index (Phi) is 4.53. The van der Waals surface area contributed by atoms with Crippen molar-refractivity contribution in [3.05, 3.63) is 41.6 Å². The minimum absolute atomic E-state index is 0.0768. The van der Waals surface area contributed by atoms with Crippen molar-refractivity contribution in [3.8, 4) is 11.3 Å². The summed E-state index contributed by atoms with van der Waals surface area (Å²) in [4.78, 5) is 11.9. The number of carbonyl (C=O) groups is 1. The first kappa shape index (κ1) is 14.3. The Morgan fingerprint density at radius 1 is 1.40 bits per heavy atom. The molecule has 1 heterocycles. The molecule has 0 spiro atoms. The van der Waals surface area contributed by atoms with Crippen molar-refractivity contribution in [2.24, 2.45) is 0 Å². The van der Waals surface area contributed by atoms with Crippen molar-refractivity contribution in [1.82, 2.24) is 10.5 Å². The summed E-state index contributed by atoms with van der Waals surface area (Å²) in [5, 5.41) is 6.58. The number of ether oxygens (including phenoxy) is 1. The molecule has 0 saturated carbocycles. The lowest BCUT2D eigenvalue weighted by molar-refractivity contribution is 0.0896. The van der Waals surface area contributed by atoms with Crippen LogP contribution in [0.5, 0.6) is 0 Å². The lowest BCUT2D eigenvalue weighted by Gasteiger charge is -2.10. The number of carbonyl (C=O) groups excluding carboxylic acids is 1. The van der Waals surface area contributed by atoms with Gasteiger partial charge in [0.2, 0.25) is 0 Å². The van der Waals surface area contributed by atoms with Gasteiger partial charge >= 0.3 is 0 Å². The number of rotatable bonds is 5. The van der Waals surface area contributed by atoms with Crippen molar-refractivity contribution in [2.75, 3.05) is 13.7 Å². The largest absolute Gasteiger partial charge is 0.383 e. The summed E-state index contributed by atoms with van der Waals surface area (Å²) in [6.45, 7) is 4.33. The third-order valence-electron chi connectivity index (χ3n) is 2.87. The van der Waals surface area contributed by atoms with E-state index in [9.17, 15) is 4.79 Å². The number of hydrogen-bond acceptors (Lipinski definition) is 4. The van der Waals surface area contributed by atoms with E-state index in [1.807, 2.05) is 38.1 Å². The quantitative estimate of drug-likeness (QED) is 0.909. The van der Waals surface area contributed by atoms with E-state index in [2.05, 4.69) is 10.5 Å². The molecule has 1 aromatic carbocycles. The Labute approximate surface area is 117 Å². The topological polar surface area (TPSA) is 64.4 Å². The maximum atomic E-state index is 11.9. The second-order valence-electron chi connectivity index (χ2n) is 4.77. The molecule has 1 amide bonds. The number of nitrogens with one attached hydrogen (secondary N) is 1. The van der Waals surface area contributed by atoms with E-state index in [0.717, 1.165) is 5.56 Å². The fourth-order valence-corrected chi connectivity index (χ4v) is 1.83. The maximum absolute atomic E-state index is 11.9.